The van der Waals surface area contributed by atoms with Gasteiger partial charge in [-0.25, -0.2) is 0 Å². The lowest BCUT2D eigenvalue weighted by Gasteiger charge is -2.32. The number of hydrogen-bond donors (Lipinski definition) is 2. The first-order valence-corrected chi connectivity index (χ1v) is 4.86. The Labute approximate surface area is 84.5 Å². The molecule has 1 atom stereocenters. The van der Waals surface area contributed by atoms with E-state index in [0.29, 0.717) is 12.8 Å². The summed E-state index contributed by atoms with van der Waals surface area (Å²) in [6.07, 6.45) is 6.82. The van der Waals surface area contributed by atoms with E-state index >= 15 is 0 Å². The van der Waals surface area contributed by atoms with Crippen molar-refractivity contribution >= 4 is 5.97 Å². The number of hydrogen-bond acceptors (Lipinski definition) is 2. The van der Waals surface area contributed by atoms with Crippen LogP contribution in [0.15, 0.2) is 24.3 Å². The summed E-state index contributed by atoms with van der Waals surface area (Å²) in [6.45, 7) is 3.66. The molecule has 2 N–H and O–H groups in total. The van der Waals surface area contributed by atoms with Crippen LogP contribution in [0.4, 0.5) is 0 Å². The van der Waals surface area contributed by atoms with Crippen molar-refractivity contribution in [1.82, 2.24) is 5.32 Å². The number of nitrogens with one attached hydrogen (secondary N) is 1. The van der Waals surface area contributed by atoms with Crippen LogP contribution < -0.4 is 5.32 Å². The Morgan fingerprint density at radius 3 is 3.07 bits per heavy atom. The minimum Gasteiger partial charge on any atom is -0.480 e. The maximum absolute atomic E-state index is 11.1. The van der Waals surface area contributed by atoms with E-state index in [1.807, 2.05) is 6.08 Å². The second kappa shape index (κ2) is 4.42. The fourth-order valence-electron chi connectivity index (χ4n) is 1.91. The standard InChI is InChI=1S/C11H17NO2/c1-3-5-9-6-4-7-11(8-9,12-2)10(13)14/h3,6,12H,1,4-5,7-8H2,2H3,(H,13,14). The monoisotopic (exact) mass is 195 g/mol. The summed E-state index contributed by atoms with van der Waals surface area (Å²) in [7, 11) is 1.71. The predicted molar refractivity (Wildman–Crippen MR) is 56.2 cm³/mol. The fraction of sp³-hybridized carbons (Fsp3) is 0.545. The van der Waals surface area contributed by atoms with Gasteiger partial charge in [-0.15, -0.1) is 6.58 Å². The van der Waals surface area contributed by atoms with Crippen LogP contribution in [0.5, 0.6) is 0 Å². The van der Waals surface area contributed by atoms with Crippen molar-refractivity contribution in [2.45, 2.75) is 31.2 Å². The van der Waals surface area contributed by atoms with Crippen LogP contribution in [0.2, 0.25) is 0 Å². The topological polar surface area (TPSA) is 49.3 Å². The lowest BCUT2D eigenvalue weighted by Crippen LogP contribution is -2.51. The molecule has 1 aliphatic carbocycles. The Hall–Kier alpha value is -1.09. The van der Waals surface area contributed by atoms with Crippen molar-refractivity contribution in [3.8, 4) is 0 Å². The van der Waals surface area contributed by atoms with Gasteiger partial charge in [-0.3, -0.25) is 4.79 Å². The molecule has 78 valence electrons. The summed E-state index contributed by atoms with van der Waals surface area (Å²) in [4.78, 5) is 11.1. The highest BCUT2D eigenvalue weighted by molar-refractivity contribution is 5.79. The highest BCUT2D eigenvalue weighted by Crippen LogP contribution is 2.30. The highest BCUT2D eigenvalue weighted by atomic mass is 16.4. The van der Waals surface area contributed by atoms with E-state index in [1.165, 1.54) is 5.57 Å². The zero-order chi connectivity index (χ0) is 10.6. The van der Waals surface area contributed by atoms with Gasteiger partial charge in [-0.2, -0.15) is 0 Å². The van der Waals surface area contributed by atoms with E-state index in [2.05, 4.69) is 18.0 Å². The maximum atomic E-state index is 11.1. The van der Waals surface area contributed by atoms with E-state index in [0.717, 1.165) is 12.8 Å². The lowest BCUT2D eigenvalue weighted by atomic mass is 9.80. The van der Waals surface area contributed by atoms with Crippen LogP contribution in [-0.4, -0.2) is 23.7 Å². The molecule has 0 aliphatic heterocycles. The molecule has 1 rings (SSSR count). The predicted octanol–water partition coefficient (Wildman–Crippen LogP) is 1.72. The van der Waals surface area contributed by atoms with Crippen molar-refractivity contribution in [3.63, 3.8) is 0 Å². The van der Waals surface area contributed by atoms with Gasteiger partial charge in [0.15, 0.2) is 0 Å². The fourth-order valence-corrected chi connectivity index (χ4v) is 1.91. The molecule has 3 heteroatoms. The molecule has 0 bridgehead atoms. The molecular weight excluding hydrogens is 178 g/mol. The Morgan fingerprint density at radius 2 is 2.57 bits per heavy atom. The first-order valence-electron chi connectivity index (χ1n) is 4.86. The first kappa shape index (κ1) is 11.0. The van der Waals surface area contributed by atoms with Gasteiger partial charge in [0.2, 0.25) is 0 Å². The largest absolute Gasteiger partial charge is 0.480 e. The average molecular weight is 195 g/mol. The number of rotatable bonds is 4. The molecular formula is C11H17NO2. The van der Waals surface area contributed by atoms with Crippen LogP contribution in [0.1, 0.15) is 25.7 Å². The molecule has 0 spiro atoms. The summed E-state index contributed by atoms with van der Waals surface area (Å²) in [5.41, 5.74) is 0.413. The third-order valence-corrected chi connectivity index (χ3v) is 2.83. The molecule has 0 radical (unpaired) electrons. The van der Waals surface area contributed by atoms with Crippen molar-refractivity contribution in [3.05, 3.63) is 24.3 Å². The highest BCUT2D eigenvalue weighted by Gasteiger charge is 2.38. The minimum absolute atomic E-state index is 0.588. The molecule has 0 aromatic heterocycles. The quantitative estimate of drug-likeness (QED) is 0.671. The van der Waals surface area contributed by atoms with Crippen LogP contribution in [-0.2, 0) is 4.79 Å². The Morgan fingerprint density at radius 1 is 1.86 bits per heavy atom. The third-order valence-electron chi connectivity index (χ3n) is 2.83. The van der Waals surface area contributed by atoms with Gasteiger partial charge < -0.3 is 10.4 Å². The molecule has 0 aromatic carbocycles. The third kappa shape index (κ3) is 2.04. The summed E-state index contributed by atoms with van der Waals surface area (Å²) in [5.74, 6) is -0.755. The minimum atomic E-state index is -0.757. The Kier molecular flexibility index (Phi) is 3.47. The summed E-state index contributed by atoms with van der Waals surface area (Å²) in [6, 6.07) is 0. The zero-order valence-electron chi connectivity index (χ0n) is 8.55. The Bertz CT molecular complexity index is 270. The van der Waals surface area contributed by atoms with Gasteiger partial charge >= 0.3 is 5.97 Å². The molecule has 0 aromatic rings. The van der Waals surface area contributed by atoms with E-state index in [9.17, 15) is 4.79 Å². The lowest BCUT2D eigenvalue weighted by molar-refractivity contribution is -0.145. The van der Waals surface area contributed by atoms with Crippen molar-refractivity contribution in [2.75, 3.05) is 7.05 Å². The van der Waals surface area contributed by atoms with Gasteiger partial charge in [0.05, 0.1) is 0 Å². The Balaban J connectivity index is 2.79. The molecule has 1 unspecified atom stereocenters. The molecule has 3 nitrogen and oxygen atoms in total. The first-order chi connectivity index (χ1) is 6.64. The van der Waals surface area contributed by atoms with Crippen LogP contribution in [0, 0.1) is 0 Å². The van der Waals surface area contributed by atoms with Crippen LogP contribution in [0.3, 0.4) is 0 Å². The van der Waals surface area contributed by atoms with Gasteiger partial charge in [0.25, 0.3) is 0 Å². The maximum Gasteiger partial charge on any atom is 0.324 e. The molecule has 0 saturated heterocycles. The van der Waals surface area contributed by atoms with E-state index in [1.54, 1.807) is 7.05 Å². The second-order valence-electron chi connectivity index (χ2n) is 3.71. The van der Waals surface area contributed by atoms with Crippen molar-refractivity contribution in [1.29, 1.82) is 0 Å². The molecule has 0 fully saturated rings. The van der Waals surface area contributed by atoms with Crippen molar-refractivity contribution < 1.29 is 9.90 Å². The second-order valence-corrected chi connectivity index (χ2v) is 3.71. The summed E-state index contributed by atoms with van der Waals surface area (Å²) >= 11 is 0. The van der Waals surface area contributed by atoms with E-state index < -0.39 is 11.5 Å². The van der Waals surface area contributed by atoms with Crippen LogP contribution in [0.25, 0.3) is 0 Å². The summed E-state index contributed by atoms with van der Waals surface area (Å²) in [5, 5.41) is 12.1. The van der Waals surface area contributed by atoms with E-state index in [4.69, 9.17) is 5.11 Å². The van der Waals surface area contributed by atoms with Gasteiger partial charge in [-0.1, -0.05) is 17.7 Å². The molecule has 0 heterocycles. The molecule has 0 amide bonds. The number of aliphatic carboxylic acids is 1. The van der Waals surface area contributed by atoms with Gasteiger partial charge in [-0.05, 0) is 32.7 Å². The van der Waals surface area contributed by atoms with Crippen molar-refractivity contribution in [2.24, 2.45) is 0 Å². The van der Waals surface area contributed by atoms with Crippen LogP contribution >= 0.6 is 0 Å². The number of carbonyl (C=O) groups is 1. The van der Waals surface area contributed by atoms with Gasteiger partial charge in [0.1, 0.15) is 5.54 Å². The number of allylic oxidation sites excluding steroid dienone is 2. The number of likely N-dealkylation sites (N-methyl/N-ethyl adjacent to an activating group) is 1. The number of carboxylic acids is 1. The SMILES string of the molecule is C=CCC1=CCCC(NC)(C(=O)O)C1. The smallest absolute Gasteiger partial charge is 0.324 e. The molecule has 1 aliphatic rings. The average Bonchev–Trinajstić information content (AvgIpc) is 2.18. The van der Waals surface area contributed by atoms with E-state index in [-0.39, 0.29) is 0 Å². The summed E-state index contributed by atoms with van der Waals surface area (Å²) < 4.78 is 0. The normalized spacial score (nSPS) is 26.8. The number of carboxylic acid groups (broad SMARTS) is 1. The zero-order valence-corrected chi connectivity index (χ0v) is 8.55. The molecule has 14 heavy (non-hydrogen) atoms. The molecule has 0 saturated carbocycles. The van der Waals surface area contributed by atoms with Gasteiger partial charge in [0, 0.05) is 0 Å².